The van der Waals surface area contributed by atoms with Crippen molar-refractivity contribution in [3.05, 3.63) is 58.1 Å². The minimum Gasteiger partial charge on any atom is -0.313 e. The number of benzene rings is 2. The first-order valence-corrected chi connectivity index (χ1v) is 8.01. The second-order valence-electron chi connectivity index (χ2n) is 4.28. The number of rotatable bonds is 5. The number of hydrogen-bond acceptors (Lipinski definition) is 3. The molecule has 0 aromatic heterocycles. The van der Waals surface area contributed by atoms with Gasteiger partial charge in [0, 0.05) is 20.8 Å². The molecule has 1 N–H and O–H groups in total. The van der Waals surface area contributed by atoms with E-state index < -0.39 is 0 Å². The zero-order valence-electron chi connectivity index (χ0n) is 11.2. The Balaban J connectivity index is 2.22. The second-order valence-corrected chi connectivity index (χ2v) is 6.31. The molecule has 0 heterocycles. The molecule has 0 spiro atoms. The zero-order chi connectivity index (χ0) is 14.4. The van der Waals surface area contributed by atoms with Gasteiger partial charge in [-0.25, -0.2) is 0 Å². The predicted molar refractivity (Wildman–Crippen MR) is 86.8 cm³/mol. The van der Waals surface area contributed by atoms with Crippen molar-refractivity contribution in [1.29, 1.82) is 5.26 Å². The van der Waals surface area contributed by atoms with Gasteiger partial charge in [0.2, 0.25) is 0 Å². The van der Waals surface area contributed by atoms with Crippen LogP contribution in [-0.2, 0) is 6.54 Å². The minimum absolute atomic E-state index is 0.727. The van der Waals surface area contributed by atoms with E-state index in [1.165, 1.54) is 0 Å². The summed E-state index contributed by atoms with van der Waals surface area (Å²) >= 11 is 5.08. The molecular formula is C16H15BrN2S. The molecule has 0 aliphatic rings. The lowest BCUT2D eigenvalue weighted by Gasteiger charge is -2.07. The van der Waals surface area contributed by atoms with E-state index in [2.05, 4.69) is 46.4 Å². The molecule has 0 unspecified atom stereocenters. The Labute approximate surface area is 132 Å². The number of halogens is 1. The van der Waals surface area contributed by atoms with Crippen molar-refractivity contribution in [2.75, 3.05) is 6.54 Å². The first kappa shape index (κ1) is 15.1. The average molecular weight is 347 g/mol. The van der Waals surface area contributed by atoms with E-state index in [0.717, 1.165) is 38.5 Å². The van der Waals surface area contributed by atoms with Crippen LogP contribution in [0.4, 0.5) is 0 Å². The van der Waals surface area contributed by atoms with Crippen molar-refractivity contribution in [1.82, 2.24) is 5.32 Å². The second kappa shape index (κ2) is 7.49. The molecule has 2 aromatic carbocycles. The van der Waals surface area contributed by atoms with Crippen molar-refractivity contribution in [3.63, 3.8) is 0 Å². The molecule has 0 aliphatic heterocycles. The summed E-state index contributed by atoms with van der Waals surface area (Å²) in [5.41, 5.74) is 1.87. The molecule has 2 aromatic rings. The van der Waals surface area contributed by atoms with Crippen LogP contribution in [-0.4, -0.2) is 6.54 Å². The van der Waals surface area contributed by atoms with Crippen LogP contribution in [0.5, 0.6) is 0 Å². The van der Waals surface area contributed by atoms with E-state index in [1.54, 1.807) is 11.8 Å². The first-order valence-electron chi connectivity index (χ1n) is 6.40. The molecule has 2 rings (SSSR count). The van der Waals surface area contributed by atoms with Crippen molar-refractivity contribution < 1.29 is 0 Å². The summed E-state index contributed by atoms with van der Waals surface area (Å²) in [6, 6.07) is 16.4. The fourth-order valence-electron chi connectivity index (χ4n) is 1.79. The lowest BCUT2D eigenvalue weighted by atomic mass is 10.1. The summed E-state index contributed by atoms with van der Waals surface area (Å²) in [6.07, 6.45) is 0. The third kappa shape index (κ3) is 4.11. The Bertz CT molecular complexity index is 635. The topological polar surface area (TPSA) is 35.8 Å². The molecule has 4 heteroatoms. The fraction of sp³-hybridized carbons (Fsp3) is 0.188. The van der Waals surface area contributed by atoms with E-state index in [1.807, 2.05) is 30.3 Å². The Morgan fingerprint density at radius 1 is 1.25 bits per heavy atom. The summed E-state index contributed by atoms with van der Waals surface area (Å²) in [4.78, 5) is 2.11. The maximum Gasteiger partial charge on any atom is 0.100 e. The predicted octanol–water partition coefficient (Wildman–Crippen LogP) is 4.58. The third-order valence-corrected chi connectivity index (χ3v) is 4.33. The summed E-state index contributed by atoms with van der Waals surface area (Å²) in [7, 11) is 0. The van der Waals surface area contributed by atoms with Crippen molar-refractivity contribution in [3.8, 4) is 6.07 Å². The molecule has 0 aliphatic carbocycles. The number of nitrogens with zero attached hydrogens (tertiary/aromatic N) is 1. The van der Waals surface area contributed by atoms with Gasteiger partial charge in [-0.05, 0) is 42.4 Å². The Morgan fingerprint density at radius 3 is 2.80 bits per heavy atom. The number of nitrogens with one attached hydrogen (secondary N) is 1. The van der Waals surface area contributed by atoms with Crippen LogP contribution in [0.1, 0.15) is 18.1 Å². The van der Waals surface area contributed by atoms with Gasteiger partial charge >= 0.3 is 0 Å². The van der Waals surface area contributed by atoms with Gasteiger partial charge in [0.05, 0.1) is 5.56 Å². The molecule has 0 atom stereocenters. The maximum atomic E-state index is 9.31. The van der Waals surface area contributed by atoms with E-state index in [4.69, 9.17) is 0 Å². The molecular weight excluding hydrogens is 332 g/mol. The highest BCUT2D eigenvalue weighted by atomic mass is 79.9. The Hall–Kier alpha value is -1.28. The lowest BCUT2D eigenvalue weighted by Crippen LogP contribution is -2.11. The zero-order valence-corrected chi connectivity index (χ0v) is 13.6. The first-order chi connectivity index (χ1) is 9.72. The molecule has 2 nitrogen and oxygen atoms in total. The molecule has 0 saturated carbocycles. The molecule has 20 heavy (non-hydrogen) atoms. The Morgan fingerprint density at radius 2 is 2.10 bits per heavy atom. The molecule has 0 saturated heterocycles. The van der Waals surface area contributed by atoms with Crippen molar-refractivity contribution in [2.24, 2.45) is 0 Å². The van der Waals surface area contributed by atoms with Gasteiger partial charge < -0.3 is 5.32 Å². The standard InChI is InChI=1S/C16H15BrN2S/c1-2-19-11-12-6-7-16(13(8-12)10-18)20-15-5-3-4-14(17)9-15/h3-9,19H,2,11H2,1H3. The monoisotopic (exact) mass is 346 g/mol. The van der Waals surface area contributed by atoms with Crippen LogP contribution in [0, 0.1) is 11.3 Å². The van der Waals surface area contributed by atoms with Gasteiger partial charge in [-0.3, -0.25) is 0 Å². The third-order valence-electron chi connectivity index (χ3n) is 2.77. The van der Waals surface area contributed by atoms with Crippen LogP contribution in [0.2, 0.25) is 0 Å². The summed E-state index contributed by atoms with van der Waals surface area (Å²) in [6.45, 7) is 3.80. The van der Waals surface area contributed by atoms with Crippen LogP contribution < -0.4 is 5.32 Å². The van der Waals surface area contributed by atoms with E-state index in [9.17, 15) is 5.26 Å². The van der Waals surface area contributed by atoms with Crippen LogP contribution in [0.3, 0.4) is 0 Å². The van der Waals surface area contributed by atoms with Gasteiger partial charge in [0.25, 0.3) is 0 Å². The summed E-state index contributed by atoms with van der Waals surface area (Å²) in [5.74, 6) is 0. The van der Waals surface area contributed by atoms with Crippen molar-refractivity contribution >= 4 is 27.7 Å². The Kier molecular flexibility index (Phi) is 5.66. The van der Waals surface area contributed by atoms with Gasteiger partial charge in [-0.15, -0.1) is 0 Å². The minimum atomic E-state index is 0.727. The largest absolute Gasteiger partial charge is 0.313 e. The maximum absolute atomic E-state index is 9.31. The number of nitriles is 1. The summed E-state index contributed by atoms with van der Waals surface area (Å²) < 4.78 is 1.05. The summed E-state index contributed by atoms with van der Waals surface area (Å²) in [5, 5.41) is 12.6. The van der Waals surface area contributed by atoms with Crippen LogP contribution in [0.15, 0.2) is 56.7 Å². The SMILES string of the molecule is CCNCc1ccc(Sc2cccc(Br)c2)c(C#N)c1. The molecule has 0 fully saturated rings. The normalized spacial score (nSPS) is 10.2. The van der Waals surface area contributed by atoms with Gasteiger partial charge in [0.15, 0.2) is 0 Å². The van der Waals surface area contributed by atoms with Gasteiger partial charge in [-0.1, -0.05) is 46.7 Å². The quantitative estimate of drug-likeness (QED) is 0.860. The molecule has 0 bridgehead atoms. The smallest absolute Gasteiger partial charge is 0.100 e. The molecule has 102 valence electrons. The van der Waals surface area contributed by atoms with Crippen LogP contribution in [0.25, 0.3) is 0 Å². The highest BCUT2D eigenvalue weighted by molar-refractivity contribution is 9.10. The van der Waals surface area contributed by atoms with E-state index in [0.29, 0.717) is 0 Å². The van der Waals surface area contributed by atoms with Gasteiger partial charge in [0.1, 0.15) is 6.07 Å². The fourth-order valence-corrected chi connectivity index (χ4v) is 3.28. The highest BCUT2D eigenvalue weighted by Crippen LogP contribution is 2.32. The van der Waals surface area contributed by atoms with Crippen LogP contribution >= 0.6 is 27.7 Å². The average Bonchev–Trinajstić information content (AvgIpc) is 2.46. The van der Waals surface area contributed by atoms with E-state index in [-0.39, 0.29) is 0 Å². The lowest BCUT2D eigenvalue weighted by molar-refractivity contribution is 0.726. The van der Waals surface area contributed by atoms with Crippen molar-refractivity contribution in [2.45, 2.75) is 23.3 Å². The molecule has 0 amide bonds. The number of hydrogen-bond donors (Lipinski definition) is 1. The van der Waals surface area contributed by atoms with Gasteiger partial charge in [-0.2, -0.15) is 5.26 Å². The van der Waals surface area contributed by atoms with E-state index >= 15 is 0 Å². The molecule has 0 radical (unpaired) electrons. The highest BCUT2D eigenvalue weighted by Gasteiger charge is 2.06.